The van der Waals surface area contributed by atoms with E-state index >= 15 is 0 Å². The summed E-state index contributed by atoms with van der Waals surface area (Å²) in [6.45, 7) is 0. The van der Waals surface area contributed by atoms with Gasteiger partial charge in [-0.15, -0.1) is 11.6 Å². The molecule has 1 rings (SSSR count). The Bertz CT molecular complexity index is 477. The Morgan fingerprint density at radius 2 is 1.67 bits per heavy atom. The number of hydrogen-bond donors (Lipinski definition) is 1. The molecule has 0 saturated heterocycles. The zero-order valence-corrected chi connectivity index (χ0v) is 8.67. The molecule has 1 N–H and O–H groups in total. The fourth-order valence-corrected chi connectivity index (χ4v) is 1.51. The Morgan fingerprint density at radius 1 is 1.13 bits per heavy atom. The second kappa shape index (κ2) is 4.28. The van der Waals surface area contributed by atoms with E-state index < -0.39 is 38.4 Å². The summed E-state index contributed by atoms with van der Waals surface area (Å²) < 4.78 is 61.5. The van der Waals surface area contributed by atoms with Crippen molar-refractivity contribution in [3.63, 3.8) is 0 Å². The van der Waals surface area contributed by atoms with Crippen LogP contribution in [-0.4, -0.2) is 13.6 Å². The summed E-state index contributed by atoms with van der Waals surface area (Å²) in [5.74, 6) is -3.98. The Morgan fingerprint density at radius 3 is 2.20 bits per heavy atom. The molecule has 0 aliphatic rings. The molecule has 3 nitrogen and oxygen atoms in total. The summed E-state index contributed by atoms with van der Waals surface area (Å²) in [5, 5.41) is -0.814. The lowest BCUT2D eigenvalue weighted by atomic mass is 10.3. The second-order valence-electron chi connectivity index (χ2n) is 2.57. The average Bonchev–Trinajstić information content (AvgIpc) is 2.14. The van der Waals surface area contributed by atoms with Crippen LogP contribution in [0.2, 0.25) is 0 Å². The molecule has 0 bridgehead atoms. The Hall–Kier alpha value is -0.950. The van der Waals surface area contributed by atoms with Crippen molar-refractivity contribution in [3.05, 3.63) is 29.6 Å². The van der Waals surface area contributed by atoms with Gasteiger partial charge in [0.2, 0.25) is 10.0 Å². The van der Waals surface area contributed by atoms with Crippen molar-refractivity contribution in [2.45, 2.75) is 0 Å². The first-order valence-electron chi connectivity index (χ1n) is 3.57. The predicted octanol–water partition coefficient (Wildman–Crippen LogP) is 2.04. The van der Waals surface area contributed by atoms with Crippen molar-refractivity contribution in [1.29, 1.82) is 0 Å². The van der Waals surface area contributed by atoms with Crippen molar-refractivity contribution in [2.75, 3.05) is 9.93 Å². The number of rotatable bonds is 3. The third kappa shape index (κ3) is 3.00. The third-order valence-electron chi connectivity index (χ3n) is 1.42. The van der Waals surface area contributed by atoms with Crippen molar-refractivity contribution in [2.24, 2.45) is 0 Å². The summed E-state index contributed by atoms with van der Waals surface area (Å²) in [4.78, 5) is 0. The Labute approximate surface area is 88.9 Å². The normalized spacial score (nSPS) is 11.5. The molecule has 8 heteroatoms. The number of sulfonamides is 1. The van der Waals surface area contributed by atoms with Crippen molar-refractivity contribution < 1.29 is 21.6 Å². The molecule has 0 aliphatic carbocycles. The summed E-state index contributed by atoms with van der Waals surface area (Å²) in [6, 6.07) is 0.635. The minimum absolute atomic E-state index is 0.238. The van der Waals surface area contributed by atoms with E-state index in [2.05, 4.69) is 0 Å². The van der Waals surface area contributed by atoms with Gasteiger partial charge in [0, 0.05) is 12.1 Å². The Balaban J connectivity index is 3.12. The largest absolute Gasteiger partial charge is 0.279 e. The van der Waals surface area contributed by atoms with Crippen molar-refractivity contribution in [3.8, 4) is 0 Å². The second-order valence-corrected chi connectivity index (χ2v) is 4.88. The summed E-state index contributed by atoms with van der Waals surface area (Å²) in [6.07, 6.45) is 0. The lowest BCUT2D eigenvalue weighted by Gasteiger charge is -2.06. The quantitative estimate of drug-likeness (QED) is 0.667. The van der Waals surface area contributed by atoms with Crippen LogP contribution < -0.4 is 4.72 Å². The average molecular weight is 260 g/mol. The van der Waals surface area contributed by atoms with Crippen LogP contribution in [0.25, 0.3) is 0 Å². The fraction of sp³-hybridized carbons (Fsp3) is 0.143. The highest BCUT2D eigenvalue weighted by atomic mass is 35.5. The molecule has 0 heterocycles. The number of nitrogens with one attached hydrogen (secondary N) is 1. The van der Waals surface area contributed by atoms with Gasteiger partial charge in [0.1, 0.15) is 11.0 Å². The Kier molecular flexibility index (Phi) is 3.46. The molecule has 1 aromatic carbocycles. The molecule has 0 atom stereocenters. The van der Waals surface area contributed by atoms with E-state index in [-0.39, 0.29) is 6.07 Å². The van der Waals surface area contributed by atoms with Gasteiger partial charge in [-0.3, -0.25) is 4.72 Å². The maximum absolute atomic E-state index is 12.9. The van der Waals surface area contributed by atoms with Gasteiger partial charge in [-0.05, 0) is 0 Å². The summed E-state index contributed by atoms with van der Waals surface area (Å²) >= 11 is 5.03. The van der Waals surface area contributed by atoms with Crippen LogP contribution in [-0.2, 0) is 10.0 Å². The molecular formula is C7H5ClF3NO2S. The molecule has 1 aromatic rings. The maximum atomic E-state index is 12.9. The molecule has 84 valence electrons. The number of halogens is 4. The van der Waals surface area contributed by atoms with E-state index in [0.29, 0.717) is 6.07 Å². The van der Waals surface area contributed by atoms with Crippen molar-refractivity contribution in [1.82, 2.24) is 0 Å². The minimum atomic E-state index is -3.94. The first kappa shape index (κ1) is 12.1. The summed E-state index contributed by atoms with van der Waals surface area (Å²) in [5.41, 5.74) is -0.686. The molecule has 0 aliphatic heterocycles. The molecular weight excluding hydrogens is 255 g/mol. The summed E-state index contributed by atoms with van der Waals surface area (Å²) in [7, 11) is -3.94. The van der Waals surface area contributed by atoms with Gasteiger partial charge < -0.3 is 0 Å². The highest BCUT2D eigenvalue weighted by Crippen LogP contribution is 2.19. The van der Waals surface area contributed by atoms with Gasteiger partial charge in [-0.25, -0.2) is 21.6 Å². The van der Waals surface area contributed by atoms with Crippen LogP contribution in [0.5, 0.6) is 0 Å². The number of hydrogen-bond acceptors (Lipinski definition) is 2. The minimum Gasteiger partial charge on any atom is -0.279 e. The van der Waals surface area contributed by atoms with Gasteiger partial charge in [0.25, 0.3) is 0 Å². The molecule has 15 heavy (non-hydrogen) atoms. The van der Waals surface area contributed by atoms with Crippen LogP contribution in [0.4, 0.5) is 18.9 Å². The molecule has 0 aromatic heterocycles. The molecule has 0 saturated carbocycles. The number of benzene rings is 1. The van der Waals surface area contributed by atoms with E-state index in [1.54, 1.807) is 4.72 Å². The van der Waals surface area contributed by atoms with Gasteiger partial charge in [-0.1, -0.05) is 0 Å². The topological polar surface area (TPSA) is 46.2 Å². The van der Waals surface area contributed by atoms with Crippen LogP contribution >= 0.6 is 11.6 Å². The van der Waals surface area contributed by atoms with Crippen molar-refractivity contribution >= 4 is 27.3 Å². The van der Waals surface area contributed by atoms with Gasteiger partial charge in [0.05, 0.1) is 5.69 Å². The maximum Gasteiger partial charge on any atom is 0.246 e. The van der Waals surface area contributed by atoms with Crippen LogP contribution in [0.15, 0.2) is 12.1 Å². The SMILES string of the molecule is O=S(=O)(CCl)Nc1cc(F)c(F)cc1F. The molecule has 0 spiro atoms. The first-order chi connectivity index (χ1) is 6.85. The molecule has 0 amide bonds. The molecule has 0 fully saturated rings. The van der Waals surface area contributed by atoms with Crippen LogP contribution in [0.1, 0.15) is 0 Å². The standard InChI is InChI=1S/C7H5ClF3NO2S/c8-3-15(13,14)12-7-2-5(10)4(9)1-6(7)11/h1-2,12H,3H2. The molecule has 0 unspecified atom stereocenters. The monoisotopic (exact) mass is 259 g/mol. The number of alkyl halides is 1. The van der Waals surface area contributed by atoms with Crippen LogP contribution in [0, 0.1) is 17.5 Å². The van der Waals surface area contributed by atoms with E-state index in [1.807, 2.05) is 0 Å². The predicted molar refractivity (Wildman–Crippen MR) is 49.6 cm³/mol. The van der Waals surface area contributed by atoms with Crippen LogP contribution in [0.3, 0.4) is 0 Å². The van der Waals surface area contributed by atoms with Gasteiger partial charge in [0.15, 0.2) is 11.6 Å². The zero-order chi connectivity index (χ0) is 11.6. The lowest BCUT2D eigenvalue weighted by Crippen LogP contribution is -2.14. The third-order valence-corrected chi connectivity index (χ3v) is 3.10. The smallest absolute Gasteiger partial charge is 0.246 e. The van der Waals surface area contributed by atoms with E-state index in [9.17, 15) is 21.6 Å². The lowest BCUT2D eigenvalue weighted by molar-refractivity contribution is 0.496. The molecule has 0 radical (unpaired) electrons. The zero-order valence-electron chi connectivity index (χ0n) is 7.10. The highest BCUT2D eigenvalue weighted by molar-refractivity contribution is 7.93. The van der Waals surface area contributed by atoms with E-state index in [1.165, 1.54) is 0 Å². The van der Waals surface area contributed by atoms with Gasteiger partial charge >= 0.3 is 0 Å². The number of anilines is 1. The van der Waals surface area contributed by atoms with E-state index in [0.717, 1.165) is 0 Å². The first-order valence-corrected chi connectivity index (χ1v) is 5.75. The highest BCUT2D eigenvalue weighted by Gasteiger charge is 2.14. The van der Waals surface area contributed by atoms with Gasteiger partial charge in [-0.2, -0.15) is 0 Å². The van der Waals surface area contributed by atoms with E-state index in [4.69, 9.17) is 11.6 Å². The fourth-order valence-electron chi connectivity index (χ4n) is 0.796.